The second kappa shape index (κ2) is 6.87. The average Bonchev–Trinajstić information content (AvgIpc) is 2.36. The molecule has 0 heterocycles. The molecule has 0 aliphatic carbocycles. The van der Waals surface area contributed by atoms with E-state index in [2.05, 4.69) is 0 Å². The van der Waals surface area contributed by atoms with Gasteiger partial charge in [0.1, 0.15) is 11.7 Å². The molecule has 4 nitrogen and oxygen atoms in total. The summed E-state index contributed by atoms with van der Waals surface area (Å²) >= 11 is 5.89. The lowest BCUT2D eigenvalue weighted by molar-refractivity contribution is -0.145. The van der Waals surface area contributed by atoms with E-state index in [1.54, 1.807) is 25.1 Å². The molecule has 0 spiro atoms. The van der Waals surface area contributed by atoms with E-state index in [9.17, 15) is 4.79 Å². The molecule has 0 aliphatic heterocycles. The fraction of sp³-hybridized carbons (Fsp3) is 0.385. The number of rotatable bonds is 5. The van der Waals surface area contributed by atoms with Crippen molar-refractivity contribution < 1.29 is 14.3 Å². The molecular formula is C13H14ClNO3. The maximum Gasteiger partial charge on any atom is 0.323 e. The van der Waals surface area contributed by atoms with Crippen molar-refractivity contribution in [3.05, 3.63) is 28.8 Å². The molecule has 0 aliphatic rings. The van der Waals surface area contributed by atoms with Gasteiger partial charge in [0.25, 0.3) is 0 Å². The van der Waals surface area contributed by atoms with Gasteiger partial charge in [0.05, 0.1) is 19.8 Å². The fourth-order valence-corrected chi connectivity index (χ4v) is 1.75. The number of hydrogen-bond donors (Lipinski definition) is 0. The third kappa shape index (κ3) is 3.64. The third-order valence-electron chi connectivity index (χ3n) is 2.39. The predicted molar refractivity (Wildman–Crippen MR) is 67.4 cm³/mol. The molecule has 0 bridgehead atoms. The van der Waals surface area contributed by atoms with E-state index in [1.807, 2.05) is 6.07 Å². The maximum atomic E-state index is 11.5. The standard InChI is InChI=1S/C13H14ClNO3/c1-3-18-13(16)10(8-15)6-9-7-11(14)4-5-12(9)17-2/h4-5,7,10H,3,6H2,1-2H3. The topological polar surface area (TPSA) is 59.3 Å². The number of carbonyl (C=O) groups excluding carboxylic acids is 1. The molecule has 1 aromatic rings. The van der Waals surface area contributed by atoms with Crippen LogP contribution in [0.3, 0.4) is 0 Å². The normalized spacial score (nSPS) is 11.4. The van der Waals surface area contributed by atoms with E-state index in [0.717, 1.165) is 0 Å². The third-order valence-corrected chi connectivity index (χ3v) is 2.63. The summed E-state index contributed by atoms with van der Waals surface area (Å²) in [5.74, 6) is -0.775. The van der Waals surface area contributed by atoms with Gasteiger partial charge < -0.3 is 9.47 Å². The number of halogens is 1. The molecule has 1 atom stereocenters. The summed E-state index contributed by atoms with van der Waals surface area (Å²) in [4.78, 5) is 11.5. The molecule has 96 valence electrons. The Morgan fingerprint density at radius 1 is 1.56 bits per heavy atom. The number of hydrogen-bond acceptors (Lipinski definition) is 4. The van der Waals surface area contributed by atoms with Crippen molar-refractivity contribution in [2.75, 3.05) is 13.7 Å². The van der Waals surface area contributed by atoms with Gasteiger partial charge in [-0.25, -0.2) is 0 Å². The Kier molecular flexibility index (Phi) is 5.47. The van der Waals surface area contributed by atoms with E-state index >= 15 is 0 Å². The van der Waals surface area contributed by atoms with Crippen LogP contribution in [-0.2, 0) is 16.0 Å². The number of esters is 1. The minimum atomic E-state index is -0.850. The van der Waals surface area contributed by atoms with Crippen LogP contribution in [-0.4, -0.2) is 19.7 Å². The first-order chi connectivity index (χ1) is 8.62. The molecule has 0 fully saturated rings. The molecule has 0 N–H and O–H groups in total. The smallest absolute Gasteiger partial charge is 0.323 e. The molecular weight excluding hydrogens is 254 g/mol. The van der Waals surface area contributed by atoms with Crippen LogP contribution in [0.4, 0.5) is 0 Å². The maximum absolute atomic E-state index is 11.5. The van der Waals surface area contributed by atoms with Gasteiger partial charge in [-0.15, -0.1) is 0 Å². The van der Waals surface area contributed by atoms with Gasteiger partial charge in [0, 0.05) is 11.4 Å². The summed E-state index contributed by atoms with van der Waals surface area (Å²) in [6, 6.07) is 7.01. The highest BCUT2D eigenvalue weighted by Gasteiger charge is 2.21. The van der Waals surface area contributed by atoms with E-state index < -0.39 is 11.9 Å². The highest BCUT2D eigenvalue weighted by molar-refractivity contribution is 6.30. The second-order valence-electron chi connectivity index (χ2n) is 3.59. The molecule has 0 amide bonds. The lowest BCUT2D eigenvalue weighted by atomic mass is 10.00. The van der Waals surface area contributed by atoms with Crippen LogP contribution in [0.2, 0.25) is 5.02 Å². The molecule has 0 aromatic heterocycles. The van der Waals surface area contributed by atoms with Crippen LogP contribution in [0.15, 0.2) is 18.2 Å². The quantitative estimate of drug-likeness (QED) is 0.770. The Morgan fingerprint density at radius 2 is 2.28 bits per heavy atom. The fourth-order valence-electron chi connectivity index (χ4n) is 1.55. The summed E-state index contributed by atoms with van der Waals surface area (Å²) in [5.41, 5.74) is 0.713. The Bertz CT molecular complexity index is 468. The van der Waals surface area contributed by atoms with E-state index in [-0.39, 0.29) is 13.0 Å². The Labute approximate surface area is 111 Å². The lowest BCUT2D eigenvalue weighted by Crippen LogP contribution is -2.18. The molecule has 1 aromatic carbocycles. The molecule has 1 rings (SSSR count). The summed E-state index contributed by atoms with van der Waals surface area (Å²) < 4.78 is 10.0. The van der Waals surface area contributed by atoms with Gasteiger partial charge in [0.2, 0.25) is 0 Å². The van der Waals surface area contributed by atoms with Gasteiger partial charge in [0.15, 0.2) is 0 Å². The number of nitrogens with zero attached hydrogens (tertiary/aromatic N) is 1. The SMILES string of the molecule is CCOC(=O)C(C#N)Cc1cc(Cl)ccc1OC. The van der Waals surface area contributed by atoms with Gasteiger partial charge in [-0.1, -0.05) is 11.6 Å². The lowest BCUT2D eigenvalue weighted by Gasteiger charge is -2.12. The highest BCUT2D eigenvalue weighted by atomic mass is 35.5. The van der Waals surface area contributed by atoms with Gasteiger partial charge in [-0.3, -0.25) is 4.79 Å². The zero-order valence-corrected chi connectivity index (χ0v) is 11.0. The Balaban J connectivity index is 2.91. The monoisotopic (exact) mass is 267 g/mol. The number of carbonyl (C=O) groups is 1. The van der Waals surface area contributed by atoms with Crippen LogP contribution in [0.5, 0.6) is 5.75 Å². The summed E-state index contributed by atoms with van der Waals surface area (Å²) in [6.07, 6.45) is 0.221. The number of nitriles is 1. The summed E-state index contributed by atoms with van der Waals surface area (Å²) in [7, 11) is 1.53. The van der Waals surface area contributed by atoms with Crippen LogP contribution in [0.25, 0.3) is 0 Å². The molecule has 0 radical (unpaired) electrons. The van der Waals surface area contributed by atoms with Crippen molar-refractivity contribution in [2.45, 2.75) is 13.3 Å². The van der Waals surface area contributed by atoms with Crippen LogP contribution in [0, 0.1) is 17.2 Å². The number of ether oxygens (including phenoxy) is 2. The minimum absolute atomic E-state index is 0.221. The van der Waals surface area contributed by atoms with Gasteiger partial charge >= 0.3 is 5.97 Å². The Hall–Kier alpha value is -1.73. The zero-order valence-electron chi connectivity index (χ0n) is 10.3. The van der Waals surface area contributed by atoms with Crippen molar-refractivity contribution in [2.24, 2.45) is 5.92 Å². The highest BCUT2D eigenvalue weighted by Crippen LogP contribution is 2.25. The van der Waals surface area contributed by atoms with E-state index in [4.69, 9.17) is 26.3 Å². The van der Waals surface area contributed by atoms with Crippen molar-refractivity contribution in [3.63, 3.8) is 0 Å². The van der Waals surface area contributed by atoms with E-state index in [1.165, 1.54) is 7.11 Å². The van der Waals surface area contributed by atoms with Crippen LogP contribution in [0.1, 0.15) is 12.5 Å². The van der Waals surface area contributed by atoms with Crippen molar-refractivity contribution in [1.82, 2.24) is 0 Å². The number of benzene rings is 1. The Morgan fingerprint density at radius 3 is 2.83 bits per heavy atom. The molecule has 1 unspecified atom stereocenters. The van der Waals surface area contributed by atoms with Crippen molar-refractivity contribution >= 4 is 17.6 Å². The first-order valence-corrected chi connectivity index (χ1v) is 5.88. The number of methoxy groups -OCH3 is 1. The van der Waals surface area contributed by atoms with Crippen LogP contribution < -0.4 is 4.74 Å². The molecule has 0 saturated carbocycles. The average molecular weight is 268 g/mol. The zero-order chi connectivity index (χ0) is 13.5. The molecule has 5 heteroatoms. The first kappa shape index (κ1) is 14.3. The molecule has 0 saturated heterocycles. The minimum Gasteiger partial charge on any atom is -0.496 e. The van der Waals surface area contributed by atoms with Gasteiger partial charge in [-0.05, 0) is 30.7 Å². The predicted octanol–water partition coefficient (Wildman–Crippen LogP) is 2.59. The van der Waals surface area contributed by atoms with E-state index in [0.29, 0.717) is 16.3 Å². The van der Waals surface area contributed by atoms with Crippen molar-refractivity contribution in [1.29, 1.82) is 5.26 Å². The summed E-state index contributed by atoms with van der Waals surface area (Å²) in [5, 5.41) is 9.53. The largest absolute Gasteiger partial charge is 0.496 e. The molecule has 18 heavy (non-hydrogen) atoms. The van der Waals surface area contributed by atoms with Crippen LogP contribution >= 0.6 is 11.6 Å². The summed E-state index contributed by atoms with van der Waals surface area (Å²) in [6.45, 7) is 1.95. The van der Waals surface area contributed by atoms with Crippen molar-refractivity contribution in [3.8, 4) is 11.8 Å². The first-order valence-electron chi connectivity index (χ1n) is 5.51. The van der Waals surface area contributed by atoms with Gasteiger partial charge in [-0.2, -0.15) is 5.26 Å². The second-order valence-corrected chi connectivity index (χ2v) is 4.03.